The van der Waals surface area contributed by atoms with Crippen LogP contribution in [0.15, 0.2) is 53.4 Å². The van der Waals surface area contributed by atoms with Gasteiger partial charge in [0.05, 0.1) is 4.92 Å². The molecule has 0 saturated heterocycles. The molecule has 0 radical (unpaired) electrons. The van der Waals surface area contributed by atoms with Crippen LogP contribution in [0.2, 0.25) is 0 Å². The van der Waals surface area contributed by atoms with Gasteiger partial charge in [-0.2, -0.15) is 0 Å². The fourth-order valence-corrected chi connectivity index (χ4v) is 2.95. The molecule has 0 spiro atoms. The lowest BCUT2D eigenvalue weighted by molar-refractivity contribution is -0.384. The molecular weight excluding hydrogens is 258 g/mol. The highest BCUT2D eigenvalue weighted by Gasteiger charge is 2.12. The van der Waals surface area contributed by atoms with Gasteiger partial charge in [0.25, 0.3) is 5.69 Å². The molecule has 19 heavy (non-hydrogen) atoms. The largest absolute Gasteiger partial charge is 0.269 e. The maximum Gasteiger partial charge on any atom is 0.269 e. The summed E-state index contributed by atoms with van der Waals surface area (Å²) in [6.07, 6.45) is 0. The van der Waals surface area contributed by atoms with E-state index in [1.54, 1.807) is 23.9 Å². The van der Waals surface area contributed by atoms with E-state index in [0.29, 0.717) is 0 Å². The quantitative estimate of drug-likeness (QED) is 0.458. The average Bonchev–Trinajstić information content (AvgIpc) is 2.39. The second kappa shape index (κ2) is 5.89. The third-order valence-corrected chi connectivity index (χ3v) is 4.00. The van der Waals surface area contributed by atoms with Crippen LogP contribution in [0.1, 0.15) is 23.3 Å². The van der Waals surface area contributed by atoms with E-state index >= 15 is 0 Å². The summed E-state index contributed by atoms with van der Waals surface area (Å²) >= 11 is 1.71. The van der Waals surface area contributed by atoms with Gasteiger partial charge in [-0.25, -0.2) is 0 Å². The topological polar surface area (TPSA) is 43.1 Å². The van der Waals surface area contributed by atoms with Gasteiger partial charge in [0.1, 0.15) is 0 Å². The Bertz CT molecular complexity index is 598. The molecule has 1 unspecified atom stereocenters. The Kier molecular flexibility index (Phi) is 4.22. The van der Waals surface area contributed by atoms with Crippen LogP contribution < -0.4 is 0 Å². The fourth-order valence-electron chi connectivity index (χ4n) is 1.85. The van der Waals surface area contributed by atoms with Crippen LogP contribution in [0.3, 0.4) is 0 Å². The van der Waals surface area contributed by atoms with Gasteiger partial charge >= 0.3 is 0 Å². The number of aryl methyl sites for hydroxylation is 1. The first kappa shape index (κ1) is 13.6. The first-order valence-corrected chi connectivity index (χ1v) is 6.92. The minimum absolute atomic E-state index is 0.147. The Labute approximate surface area is 116 Å². The predicted octanol–water partition coefficient (Wildman–Crippen LogP) is 4.76. The van der Waals surface area contributed by atoms with E-state index in [2.05, 4.69) is 32.0 Å². The minimum Gasteiger partial charge on any atom is -0.258 e. The van der Waals surface area contributed by atoms with E-state index in [4.69, 9.17) is 0 Å². The van der Waals surface area contributed by atoms with Crippen LogP contribution in [-0.4, -0.2) is 4.92 Å². The molecule has 4 heteroatoms. The van der Waals surface area contributed by atoms with Crippen molar-refractivity contribution in [3.63, 3.8) is 0 Å². The molecule has 0 aliphatic heterocycles. The van der Waals surface area contributed by atoms with Gasteiger partial charge in [0, 0.05) is 22.3 Å². The number of non-ortho nitro benzene ring substituents is 1. The summed E-state index contributed by atoms with van der Waals surface area (Å²) < 4.78 is 0. The fraction of sp³-hybridized carbons (Fsp3) is 0.200. The Morgan fingerprint density at radius 1 is 1.16 bits per heavy atom. The lowest BCUT2D eigenvalue weighted by atomic mass is 10.1. The number of hydrogen-bond donors (Lipinski definition) is 0. The molecule has 2 aromatic carbocycles. The van der Waals surface area contributed by atoms with Crippen LogP contribution in [0.5, 0.6) is 0 Å². The number of hydrogen-bond acceptors (Lipinski definition) is 3. The van der Waals surface area contributed by atoms with Gasteiger partial charge < -0.3 is 0 Å². The van der Waals surface area contributed by atoms with Crippen molar-refractivity contribution in [3.8, 4) is 0 Å². The molecule has 1 atom stereocenters. The van der Waals surface area contributed by atoms with Crippen LogP contribution in [0.25, 0.3) is 0 Å². The van der Waals surface area contributed by atoms with Crippen molar-refractivity contribution in [2.24, 2.45) is 0 Å². The Hall–Kier alpha value is -1.81. The number of nitrogens with zero attached hydrogens (tertiary/aromatic N) is 1. The average molecular weight is 273 g/mol. The third kappa shape index (κ3) is 3.58. The Balaban J connectivity index is 2.18. The second-order valence-electron chi connectivity index (χ2n) is 4.43. The number of thioether (sulfide) groups is 1. The van der Waals surface area contributed by atoms with E-state index in [9.17, 15) is 10.1 Å². The molecule has 0 bridgehead atoms. The molecule has 2 rings (SSSR count). The van der Waals surface area contributed by atoms with Gasteiger partial charge in [-0.3, -0.25) is 10.1 Å². The first-order chi connectivity index (χ1) is 9.06. The SMILES string of the molecule is Cc1cccc(SC(C)c2cccc([N+](=O)[O-])c2)c1. The maximum absolute atomic E-state index is 10.8. The summed E-state index contributed by atoms with van der Waals surface area (Å²) in [5.41, 5.74) is 2.34. The van der Waals surface area contributed by atoms with E-state index in [1.165, 1.54) is 16.5 Å². The zero-order chi connectivity index (χ0) is 13.8. The van der Waals surface area contributed by atoms with Crippen molar-refractivity contribution in [1.29, 1.82) is 0 Å². The molecule has 3 nitrogen and oxygen atoms in total. The van der Waals surface area contributed by atoms with Crippen molar-refractivity contribution in [1.82, 2.24) is 0 Å². The summed E-state index contributed by atoms with van der Waals surface area (Å²) in [6.45, 7) is 4.12. The molecular formula is C15H15NO2S. The molecule has 0 amide bonds. The molecule has 98 valence electrons. The normalized spacial score (nSPS) is 12.1. The molecule has 2 aromatic rings. The summed E-state index contributed by atoms with van der Waals surface area (Å²) in [6, 6.07) is 15.1. The molecule has 0 aliphatic rings. The highest BCUT2D eigenvalue weighted by atomic mass is 32.2. The van der Waals surface area contributed by atoms with Crippen LogP contribution in [0, 0.1) is 17.0 Å². The molecule has 0 saturated carbocycles. The van der Waals surface area contributed by atoms with E-state index in [0.717, 1.165) is 5.56 Å². The molecule has 0 N–H and O–H groups in total. The van der Waals surface area contributed by atoms with E-state index in [1.807, 2.05) is 12.1 Å². The lowest BCUT2D eigenvalue weighted by Crippen LogP contribution is -1.92. The summed E-state index contributed by atoms with van der Waals surface area (Å²) in [5, 5.41) is 11.0. The second-order valence-corrected chi connectivity index (χ2v) is 5.84. The predicted molar refractivity (Wildman–Crippen MR) is 78.5 cm³/mol. The van der Waals surface area contributed by atoms with E-state index < -0.39 is 0 Å². The van der Waals surface area contributed by atoms with E-state index in [-0.39, 0.29) is 15.9 Å². The van der Waals surface area contributed by atoms with Gasteiger partial charge in [-0.15, -0.1) is 11.8 Å². The molecule has 0 aromatic heterocycles. The maximum atomic E-state index is 10.8. The van der Waals surface area contributed by atoms with Crippen molar-refractivity contribution >= 4 is 17.4 Å². The molecule has 0 heterocycles. The number of nitro benzene ring substituents is 1. The van der Waals surface area contributed by atoms with Crippen LogP contribution >= 0.6 is 11.8 Å². The highest BCUT2D eigenvalue weighted by Crippen LogP contribution is 2.35. The van der Waals surface area contributed by atoms with Gasteiger partial charge in [-0.05, 0) is 31.5 Å². The Morgan fingerprint density at radius 2 is 1.89 bits per heavy atom. The lowest BCUT2D eigenvalue weighted by Gasteiger charge is -2.11. The smallest absolute Gasteiger partial charge is 0.258 e. The number of nitro groups is 1. The summed E-state index contributed by atoms with van der Waals surface area (Å²) in [5.74, 6) is 0. The summed E-state index contributed by atoms with van der Waals surface area (Å²) in [4.78, 5) is 11.6. The van der Waals surface area contributed by atoms with Gasteiger partial charge in [0.15, 0.2) is 0 Å². The zero-order valence-electron chi connectivity index (χ0n) is 10.9. The zero-order valence-corrected chi connectivity index (χ0v) is 11.7. The van der Waals surface area contributed by atoms with Crippen LogP contribution in [-0.2, 0) is 0 Å². The summed E-state index contributed by atoms with van der Waals surface area (Å²) in [7, 11) is 0. The number of rotatable bonds is 4. The molecule has 0 fully saturated rings. The van der Waals surface area contributed by atoms with Gasteiger partial charge in [0.2, 0.25) is 0 Å². The van der Waals surface area contributed by atoms with Crippen molar-refractivity contribution < 1.29 is 4.92 Å². The van der Waals surface area contributed by atoms with Gasteiger partial charge in [-0.1, -0.05) is 29.8 Å². The van der Waals surface area contributed by atoms with Crippen molar-refractivity contribution in [2.45, 2.75) is 24.0 Å². The molecule has 0 aliphatic carbocycles. The van der Waals surface area contributed by atoms with Crippen LogP contribution in [0.4, 0.5) is 5.69 Å². The number of benzene rings is 2. The monoisotopic (exact) mass is 273 g/mol. The standard InChI is InChI=1S/C15H15NO2S/c1-11-5-3-8-15(9-11)19-12(2)13-6-4-7-14(10-13)16(17)18/h3-10,12H,1-2H3. The van der Waals surface area contributed by atoms with Crippen molar-refractivity contribution in [3.05, 3.63) is 69.8 Å². The highest BCUT2D eigenvalue weighted by molar-refractivity contribution is 7.99. The van der Waals surface area contributed by atoms with Crippen molar-refractivity contribution in [2.75, 3.05) is 0 Å². The third-order valence-electron chi connectivity index (χ3n) is 2.85. The minimum atomic E-state index is -0.354. The first-order valence-electron chi connectivity index (χ1n) is 6.04. The Morgan fingerprint density at radius 3 is 2.58 bits per heavy atom.